The first-order valence-electron chi connectivity index (χ1n) is 11.7. The van der Waals surface area contributed by atoms with Gasteiger partial charge in [0, 0.05) is 18.8 Å². The van der Waals surface area contributed by atoms with Gasteiger partial charge in [-0.25, -0.2) is 9.78 Å². The van der Waals surface area contributed by atoms with Gasteiger partial charge in [-0.15, -0.1) is 0 Å². The third-order valence-corrected chi connectivity index (χ3v) is 6.51. The van der Waals surface area contributed by atoms with Crippen LogP contribution in [0.3, 0.4) is 0 Å². The summed E-state index contributed by atoms with van der Waals surface area (Å²) in [7, 11) is 0. The highest BCUT2D eigenvalue weighted by Crippen LogP contribution is 2.35. The molecule has 3 N–H and O–H groups in total. The molecule has 0 fully saturated rings. The van der Waals surface area contributed by atoms with Crippen molar-refractivity contribution < 1.29 is 32.7 Å². The van der Waals surface area contributed by atoms with E-state index in [0.717, 1.165) is 29.7 Å². The molecule has 0 bridgehead atoms. The van der Waals surface area contributed by atoms with E-state index in [2.05, 4.69) is 30.7 Å². The third-order valence-electron chi connectivity index (χ3n) is 6.51. The summed E-state index contributed by atoms with van der Waals surface area (Å²) < 4.78 is 40.0. The highest BCUT2D eigenvalue weighted by Gasteiger charge is 2.32. The molecule has 4 aromatic rings. The van der Waals surface area contributed by atoms with Crippen molar-refractivity contribution >= 4 is 23.6 Å². The van der Waals surface area contributed by atoms with Crippen molar-refractivity contribution in [3.8, 4) is 0 Å². The lowest BCUT2D eigenvalue weighted by Crippen LogP contribution is -2.30. The van der Waals surface area contributed by atoms with Crippen LogP contribution < -0.4 is 10.6 Å². The fourth-order valence-electron chi connectivity index (χ4n) is 4.60. The molecule has 0 radical (unpaired) electrons. The van der Waals surface area contributed by atoms with Crippen molar-refractivity contribution in [1.82, 2.24) is 35.2 Å². The monoisotopic (exact) mass is 539 g/mol. The van der Waals surface area contributed by atoms with E-state index in [1.807, 2.05) is 0 Å². The molecule has 0 saturated heterocycles. The number of carbonyl (C=O) groups excluding carboxylic acids is 2. The average molecular weight is 539 g/mol. The number of carbonyl (C=O) groups is 3. The van der Waals surface area contributed by atoms with Gasteiger partial charge in [0.1, 0.15) is 23.4 Å². The Labute approximate surface area is 218 Å². The molecule has 0 unspecified atom stereocenters. The summed E-state index contributed by atoms with van der Waals surface area (Å²) in [6.45, 7) is 1.50. The van der Waals surface area contributed by atoms with Gasteiger partial charge in [-0.1, -0.05) is 6.07 Å². The Morgan fingerprint density at radius 1 is 1.13 bits per heavy atom. The largest absolute Gasteiger partial charge is 0.478 e. The number of fused-ring (bicyclic) bond motifs is 2. The first kappa shape index (κ1) is 25.8. The van der Waals surface area contributed by atoms with Gasteiger partial charge in [-0.05, 0) is 60.2 Å². The van der Waals surface area contributed by atoms with E-state index in [9.17, 15) is 32.7 Å². The number of rotatable bonds is 6. The first-order valence-corrected chi connectivity index (χ1v) is 11.7. The maximum absolute atomic E-state index is 13.3. The highest BCUT2D eigenvalue weighted by molar-refractivity contribution is 5.98. The molecule has 3 aromatic heterocycles. The summed E-state index contributed by atoms with van der Waals surface area (Å²) in [5.41, 5.74) is 1.41. The number of nitrogens with zero attached hydrogens (tertiary/aromatic N) is 5. The predicted octanol–water partition coefficient (Wildman–Crippen LogP) is 2.89. The number of benzene rings is 1. The molecule has 200 valence electrons. The van der Waals surface area contributed by atoms with Crippen molar-refractivity contribution in [3.63, 3.8) is 0 Å². The van der Waals surface area contributed by atoms with Gasteiger partial charge in [-0.3, -0.25) is 14.6 Å². The van der Waals surface area contributed by atoms with Crippen LogP contribution in [0.1, 0.15) is 71.7 Å². The number of alkyl halides is 3. The molecule has 3 heterocycles. The summed E-state index contributed by atoms with van der Waals surface area (Å²) >= 11 is 0. The number of hydrogen-bond donors (Lipinski definition) is 3. The smallest absolute Gasteiger partial charge is 0.433 e. The predicted molar refractivity (Wildman–Crippen MR) is 128 cm³/mol. The maximum atomic E-state index is 13.3. The van der Waals surface area contributed by atoms with Crippen LogP contribution in [-0.4, -0.2) is 47.5 Å². The summed E-state index contributed by atoms with van der Waals surface area (Å²) in [6, 6.07) is 6.18. The molecule has 2 amide bonds. The Hall–Kier alpha value is -4.88. The lowest BCUT2D eigenvalue weighted by Gasteiger charge is -2.16. The number of hydrogen-bond acceptors (Lipinski definition) is 7. The number of aromatic nitrogens is 5. The summed E-state index contributed by atoms with van der Waals surface area (Å²) in [6.07, 6.45) is -1.33. The van der Waals surface area contributed by atoms with Crippen LogP contribution in [0, 0.1) is 6.92 Å². The van der Waals surface area contributed by atoms with E-state index < -0.39 is 35.7 Å². The standard InChI is InChI=1S/C25H20F3N7O4/c1-12-14-4-5-17(16(14)3-2-15(12)23(38)39)33-22(37)19-9-18(34-24-31-11-32-35(19)24)21(36)30-10-13-6-7-29-20(8-13)25(26,27)28/h2-3,6-9,11,17H,4-5,10H2,1H3,(H,30,36)(H,33,37)(H,38,39)/t17-/m0/s1. The number of nitrogens with one attached hydrogen (secondary N) is 2. The van der Waals surface area contributed by atoms with Gasteiger partial charge in [0.2, 0.25) is 0 Å². The number of carboxylic acids is 1. The zero-order valence-electron chi connectivity index (χ0n) is 20.3. The molecule has 5 rings (SSSR count). The Morgan fingerprint density at radius 3 is 2.67 bits per heavy atom. The van der Waals surface area contributed by atoms with Gasteiger partial charge < -0.3 is 15.7 Å². The minimum Gasteiger partial charge on any atom is -0.478 e. The van der Waals surface area contributed by atoms with Crippen LogP contribution in [-0.2, 0) is 19.1 Å². The molecule has 1 aromatic carbocycles. The van der Waals surface area contributed by atoms with Crippen LogP contribution in [0.2, 0.25) is 0 Å². The second-order valence-electron chi connectivity index (χ2n) is 8.90. The second kappa shape index (κ2) is 9.78. The number of pyridine rings is 1. The minimum atomic E-state index is -4.63. The zero-order chi connectivity index (χ0) is 27.9. The Kier molecular flexibility index (Phi) is 6.46. The summed E-state index contributed by atoms with van der Waals surface area (Å²) in [4.78, 5) is 48.9. The fraction of sp³-hybridized carbons (Fsp3) is 0.240. The van der Waals surface area contributed by atoms with Gasteiger partial charge in [-0.2, -0.15) is 27.8 Å². The number of carboxylic acid groups (broad SMARTS) is 1. The molecule has 39 heavy (non-hydrogen) atoms. The molecule has 14 heteroatoms. The van der Waals surface area contributed by atoms with Crippen LogP contribution in [0.4, 0.5) is 13.2 Å². The number of aromatic carboxylic acids is 1. The zero-order valence-corrected chi connectivity index (χ0v) is 20.3. The van der Waals surface area contributed by atoms with Crippen molar-refractivity contribution in [2.45, 2.75) is 38.5 Å². The van der Waals surface area contributed by atoms with Gasteiger partial charge in [0.05, 0.1) is 11.6 Å². The SMILES string of the molecule is Cc1c(C(=O)O)ccc2c1CC[C@@H]2NC(=O)c1cc(C(=O)NCc2ccnc(C(F)(F)F)c2)nc2ncnn12. The van der Waals surface area contributed by atoms with Crippen LogP contribution in [0.25, 0.3) is 5.78 Å². The molecule has 1 atom stereocenters. The Balaban J connectivity index is 1.36. The second-order valence-corrected chi connectivity index (χ2v) is 8.90. The topological polar surface area (TPSA) is 151 Å². The third kappa shape index (κ3) is 5.00. The maximum Gasteiger partial charge on any atom is 0.433 e. The van der Waals surface area contributed by atoms with Crippen LogP contribution in [0.15, 0.2) is 42.9 Å². The minimum absolute atomic E-state index is 0.0233. The van der Waals surface area contributed by atoms with Crippen molar-refractivity contribution in [3.05, 3.63) is 87.8 Å². The van der Waals surface area contributed by atoms with E-state index in [4.69, 9.17) is 0 Å². The molecule has 11 nitrogen and oxygen atoms in total. The number of halogens is 3. The Morgan fingerprint density at radius 2 is 1.92 bits per heavy atom. The first-order chi connectivity index (χ1) is 18.5. The normalized spacial score (nSPS) is 14.7. The lowest BCUT2D eigenvalue weighted by atomic mass is 9.98. The molecule has 0 saturated carbocycles. The van der Waals surface area contributed by atoms with Gasteiger partial charge in [0.15, 0.2) is 0 Å². The quantitative estimate of drug-likeness (QED) is 0.338. The van der Waals surface area contributed by atoms with Crippen molar-refractivity contribution in [2.75, 3.05) is 0 Å². The van der Waals surface area contributed by atoms with Gasteiger partial charge in [0.25, 0.3) is 17.6 Å². The summed E-state index contributed by atoms with van der Waals surface area (Å²) in [5, 5.41) is 18.8. The molecular formula is C25H20F3N7O4. The molecule has 1 aliphatic carbocycles. The summed E-state index contributed by atoms with van der Waals surface area (Å²) in [5.74, 6) is -2.35. The van der Waals surface area contributed by atoms with E-state index in [0.29, 0.717) is 18.4 Å². The molecular weight excluding hydrogens is 519 g/mol. The molecule has 0 aliphatic heterocycles. The van der Waals surface area contributed by atoms with E-state index in [-0.39, 0.29) is 34.8 Å². The lowest BCUT2D eigenvalue weighted by molar-refractivity contribution is -0.141. The highest BCUT2D eigenvalue weighted by atomic mass is 19.4. The van der Waals surface area contributed by atoms with Crippen LogP contribution in [0.5, 0.6) is 0 Å². The van der Waals surface area contributed by atoms with E-state index in [1.54, 1.807) is 13.0 Å². The molecule has 1 aliphatic rings. The van der Waals surface area contributed by atoms with Gasteiger partial charge >= 0.3 is 12.1 Å². The van der Waals surface area contributed by atoms with Crippen LogP contribution >= 0.6 is 0 Å². The van der Waals surface area contributed by atoms with E-state index in [1.165, 1.54) is 22.7 Å². The fourth-order valence-corrected chi connectivity index (χ4v) is 4.60. The Bertz CT molecular complexity index is 1630. The van der Waals surface area contributed by atoms with Crippen molar-refractivity contribution in [1.29, 1.82) is 0 Å². The number of amides is 2. The van der Waals surface area contributed by atoms with Crippen molar-refractivity contribution in [2.24, 2.45) is 0 Å². The average Bonchev–Trinajstić information content (AvgIpc) is 3.54. The molecule has 0 spiro atoms. The van der Waals surface area contributed by atoms with E-state index >= 15 is 0 Å².